The van der Waals surface area contributed by atoms with Crippen molar-refractivity contribution in [3.63, 3.8) is 0 Å². The predicted molar refractivity (Wildman–Crippen MR) is 145 cm³/mol. The zero-order valence-electron chi connectivity index (χ0n) is 21.1. The number of nitrogens with one attached hydrogen (secondary N) is 1. The van der Waals surface area contributed by atoms with Crippen molar-refractivity contribution in [2.45, 2.75) is 45.7 Å². The molecular weight excluding hydrogens is 523 g/mol. The van der Waals surface area contributed by atoms with Crippen molar-refractivity contribution in [3.8, 4) is 0 Å². The van der Waals surface area contributed by atoms with Crippen LogP contribution in [-0.2, 0) is 26.3 Å². The van der Waals surface area contributed by atoms with Gasteiger partial charge in [0, 0.05) is 27.2 Å². The quantitative estimate of drug-likeness (QED) is 0.372. The fourth-order valence-electron chi connectivity index (χ4n) is 3.57. The summed E-state index contributed by atoms with van der Waals surface area (Å²) in [5, 5.41) is 3.58. The molecule has 0 saturated heterocycles. The zero-order chi connectivity index (χ0) is 26.9. The summed E-state index contributed by atoms with van der Waals surface area (Å²) in [5.41, 5.74) is 1.01. The summed E-state index contributed by atoms with van der Waals surface area (Å²) in [7, 11) is -1.19. The largest absolute Gasteiger partial charge is 0.354 e. The summed E-state index contributed by atoms with van der Waals surface area (Å²) >= 11 is 12.2. The van der Waals surface area contributed by atoms with Gasteiger partial charge in [0.2, 0.25) is 11.8 Å². The maximum Gasteiger partial charge on any atom is 0.304 e. The van der Waals surface area contributed by atoms with Gasteiger partial charge in [0.15, 0.2) is 0 Å². The minimum Gasteiger partial charge on any atom is -0.354 e. The Kier molecular flexibility index (Phi) is 11.5. The number of para-hydroxylation sites is 1. The van der Waals surface area contributed by atoms with Crippen LogP contribution in [0.5, 0.6) is 0 Å². The van der Waals surface area contributed by atoms with Crippen molar-refractivity contribution in [2.75, 3.05) is 31.5 Å². The fraction of sp³-hybridized carbons (Fsp3) is 0.440. The molecule has 8 nitrogen and oxygen atoms in total. The predicted octanol–water partition coefficient (Wildman–Crippen LogP) is 4.33. The fourth-order valence-corrected chi connectivity index (χ4v) is 4.95. The molecule has 0 aliphatic heterocycles. The zero-order valence-corrected chi connectivity index (χ0v) is 23.4. The molecular formula is C25H34Cl2N4O4S. The van der Waals surface area contributed by atoms with Gasteiger partial charge in [-0.25, -0.2) is 4.31 Å². The highest BCUT2D eigenvalue weighted by molar-refractivity contribution is 7.90. The van der Waals surface area contributed by atoms with Crippen LogP contribution >= 0.6 is 23.2 Å². The molecule has 0 fully saturated rings. The molecule has 0 aliphatic carbocycles. The highest BCUT2D eigenvalue weighted by atomic mass is 35.5. The molecule has 0 heterocycles. The van der Waals surface area contributed by atoms with Crippen LogP contribution in [0.2, 0.25) is 10.0 Å². The summed E-state index contributed by atoms with van der Waals surface area (Å²) in [6.45, 7) is 3.90. The van der Waals surface area contributed by atoms with Crippen molar-refractivity contribution in [2.24, 2.45) is 0 Å². The van der Waals surface area contributed by atoms with Crippen LogP contribution < -0.4 is 9.62 Å². The van der Waals surface area contributed by atoms with Gasteiger partial charge in [-0.2, -0.15) is 12.7 Å². The molecule has 0 aromatic heterocycles. The second-order valence-corrected chi connectivity index (χ2v) is 11.4. The maximum atomic E-state index is 13.7. The lowest BCUT2D eigenvalue weighted by atomic mass is 10.1. The number of carbonyl (C=O) groups excluding carboxylic acids is 2. The van der Waals surface area contributed by atoms with Crippen molar-refractivity contribution in [3.05, 3.63) is 64.1 Å². The van der Waals surface area contributed by atoms with Gasteiger partial charge in [-0.15, -0.1) is 0 Å². The van der Waals surface area contributed by atoms with Gasteiger partial charge < -0.3 is 10.2 Å². The highest BCUT2D eigenvalue weighted by Gasteiger charge is 2.33. The number of amides is 2. The first-order chi connectivity index (χ1) is 17.0. The Morgan fingerprint density at radius 1 is 1.00 bits per heavy atom. The van der Waals surface area contributed by atoms with Crippen LogP contribution in [0.25, 0.3) is 0 Å². The molecule has 2 rings (SSSR count). The van der Waals surface area contributed by atoms with Crippen molar-refractivity contribution >= 4 is 50.9 Å². The van der Waals surface area contributed by atoms with Gasteiger partial charge in [-0.05, 0) is 42.7 Å². The molecule has 0 aliphatic rings. The second-order valence-electron chi connectivity index (χ2n) is 8.47. The summed E-state index contributed by atoms with van der Waals surface area (Å²) in [5.74, 6) is -0.811. The average molecular weight is 558 g/mol. The number of hydrogen-bond acceptors (Lipinski definition) is 4. The van der Waals surface area contributed by atoms with E-state index in [0.29, 0.717) is 34.3 Å². The van der Waals surface area contributed by atoms with E-state index in [1.165, 1.54) is 19.0 Å². The Morgan fingerprint density at radius 3 is 2.22 bits per heavy atom. The minimum atomic E-state index is -4.00. The van der Waals surface area contributed by atoms with Crippen LogP contribution in [-0.4, -0.2) is 62.7 Å². The first-order valence-corrected chi connectivity index (χ1v) is 13.9. The molecule has 0 radical (unpaired) electrons. The summed E-state index contributed by atoms with van der Waals surface area (Å²) < 4.78 is 28.4. The van der Waals surface area contributed by atoms with E-state index in [0.717, 1.165) is 21.5 Å². The molecule has 36 heavy (non-hydrogen) atoms. The van der Waals surface area contributed by atoms with E-state index in [9.17, 15) is 18.0 Å². The Balaban J connectivity index is 2.46. The van der Waals surface area contributed by atoms with Gasteiger partial charge in [-0.1, -0.05) is 67.7 Å². The number of benzene rings is 2. The third kappa shape index (κ3) is 7.83. The van der Waals surface area contributed by atoms with Crippen molar-refractivity contribution in [1.82, 2.24) is 14.5 Å². The van der Waals surface area contributed by atoms with Crippen LogP contribution in [0.15, 0.2) is 48.5 Å². The summed E-state index contributed by atoms with van der Waals surface area (Å²) in [6, 6.07) is 12.6. The number of rotatable bonds is 13. The third-order valence-electron chi connectivity index (χ3n) is 5.62. The molecule has 11 heteroatoms. The van der Waals surface area contributed by atoms with E-state index in [1.807, 2.05) is 13.8 Å². The van der Waals surface area contributed by atoms with Crippen molar-refractivity contribution in [1.29, 1.82) is 0 Å². The third-order valence-corrected chi connectivity index (χ3v) is 8.17. The number of unbranched alkanes of at least 4 members (excludes halogenated alkanes) is 1. The molecule has 0 unspecified atom stereocenters. The lowest BCUT2D eigenvalue weighted by Crippen LogP contribution is -2.53. The molecule has 198 valence electrons. The number of hydrogen-bond donors (Lipinski definition) is 1. The lowest BCUT2D eigenvalue weighted by Gasteiger charge is -2.34. The number of carbonyl (C=O) groups is 2. The Morgan fingerprint density at radius 2 is 1.67 bits per heavy atom. The monoisotopic (exact) mass is 556 g/mol. The molecule has 1 N–H and O–H groups in total. The normalized spacial score (nSPS) is 12.3. The van der Waals surface area contributed by atoms with Gasteiger partial charge in [0.25, 0.3) is 0 Å². The standard InChI is InChI=1S/C25H34Cl2N4O4S/c1-5-7-15-28-25(33)23(6-2)30(17-19-13-14-21(26)22(27)16-19)24(32)18-31(36(34,35)29(3)4)20-11-9-8-10-12-20/h8-14,16,23H,5-7,15,17-18H2,1-4H3,(H,28,33)/t23-/m1/s1. The minimum absolute atomic E-state index is 0.0556. The van der Waals surface area contributed by atoms with Gasteiger partial charge in [-0.3, -0.25) is 9.59 Å². The van der Waals surface area contributed by atoms with E-state index in [1.54, 1.807) is 48.5 Å². The van der Waals surface area contributed by atoms with E-state index in [2.05, 4.69) is 5.32 Å². The van der Waals surface area contributed by atoms with Crippen LogP contribution in [0.3, 0.4) is 0 Å². The van der Waals surface area contributed by atoms with E-state index >= 15 is 0 Å². The van der Waals surface area contributed by atoms with Crippen molar-refractivity contribution < 1.29 is 18.0 Å². The second kappa shape index (κ2) is 13.8. The van der Waals surface area contributed by atoms with Gasteiger partial charge >= 0.3 is 10.2 Å². The molecule has 1 atom stereocenters. The van der Waals surface area contributed by atoms with Gasteiger partial charge in [0.05, 0.1) is 15.7 Å². The topological polar surface area (TPSA) is 90.0 Å². The molecule has 2 amide bonds. The SMILES string of the molecule is CCCCNC(=O)[C@@H](CC)N(Cc1ccc(Cl)c(Cl)c1)C(=O)CN(c1ccccc1)S(=O)(=O)N(C)C. The number of nitrogens with zero attached hydrogens (tertiary/aromatic N) is 3. The first kappa shape index (κ1) is 29.9. The lowest BCUT2D eigenvalue weighted by molar-refractivity contribution is -0.140. The number of halogens is 2. The molecule has 0 bridgehead atoms. The summed E-state index contributed by atoms with van der Waals surface area (Å²) in [6.07, 6.45) is 2.07. The maximum absolute atomic E-state index is 13.7. The Hall–Kier alpha value is -2.33. The van der Waals surface area contributed by atoms with Crippen LogP contribution in [0.1, 0.15) is 38.7 Å². The first-order valence-electron chi connectivity index (χ1n) is 11.8. The molecule has 2 aromatic carbocycles. The number of anilines is 1. The van der Waals surface area contributed by atoms with E-state index < -0.39 is 28.7 Å². The van der Waals surface area contributed by atoms with Crippen LogP contribution in [0.4, 0.5) is 5.69 Å². The molecule has 0 spiro atoms. The van der Waals surface area contributed by atoms with E-state index in [-0.39, 0.29) is 12.5 Å². The molecule has 2 aromatic rings. The highest BCUT2D eigenvalue weighted by Crippen LogP contribution is 2.25. The smallest absolute Gasteiger partial charge is 0.304 e. The van der Waals surface area contributed by atoms with Gasteiger partial charge in [0.1, 0.15) is 12.6 Å². The van der Waals surface area contributed by atoms with Crippen LogP contribution in [0, 0.1) is 0 Å². The summed E-state index contributed by atoms with van der Waals surface area (Å²) in [4.78, 5) is 28.2. The Labute approximate surface area is 224 Å². The Bertz CT molecular complexity index is 1130. The average Bonchev–Trinajstić information content (AvgIpc) is 2.84. The molecule has 0 saturated carbocycles. The van der Waals surface area contributed by atoms with E-state index in [4.69, 9.17) is 23.2 Å².